The largest absolute Gasteiger partial charge is 0.487 e. The number of para-hydroxylation sites is 1. The quantitative estimate of drug-likeness (QED) is 0.681. The van der Waals surface area contributed by atoms with Gasteiger partial charge in [-0.15, -0.1) is 0 Å². The highest BCUT2D eigenvalue weighted by Gasteiger charge is 2.57. The van der Waals surface area contributed by atoms with Crippen LogP contribution in [0.5, 0.6) is 5.75 Å². The maximum absolute atomic E-state index is 13.4. The van der Waals surface area contributed by atoms with Crippen LogP contribution in [0.4, 0.5) is 0 Å². The number of morpholine rings is 1. The zero-order chi connectivity index (χ0) is 23.8. The zero-order valence-electron chi connectivity index (χ0n) is 20.0. The first kappa shape index (κ1) is 23.6. The number of aliphatic carboxylic acids is 1. The second-order valence-electron chi connectivity index (χ2n) is 10.5. The van der Waals surface area contributed by atoms with Crippen LogP contribution in [0.25, 0.3) is 0 Å². The monoisotopic (exact) mass is 472 g/mol. The van der Waals surface area contributed by atoms with E-state index < -0.39 is 11.6 Å². The molecule has 8 nitrogen and oxygen atoms in total. The lowest BCUT2D eigenvalue weighted by Crippen LogP contribution is -2.60. The number of nitrogens with zero attached hydrogens (tertiary/aromatic N) is 2. The number of carboxylic acid groups (broad SMARTS) is 1. The normalized spacial score (nSPS) is 33.3. The first-order valence-corrected chi connectivity index (χ1v) is 12.6. The molecule has 1 aromatic carbocycles. The van der Waals surface area contributed by atoms with Crippen molar-refractivity contribution >= 4 is 11.9 Å². The van der Waals surface area contributed by atoms with E-state index in [-0.39, 0.29) is 29.9 Å². The van der Waals surface area contributed by atoms with E-state index in [2.05, 4.69) is 9.80 Å². The van der Waals surface area contributed by atoms with Crippen molar-refractivity contribution in [2.75, 3.05) is 46.0 Å². The predicted octanol–water partition coefficient (Wildman–Crippen LogP) is 2.86. The minimum absolute atomic E-state index is 0.0249. The average molecular weight is 473 g/mol. The van der Waals surface area contributed by atoms with E-state index in [4.69, 9.17) is 14.2 Å². The number of carboxylic acids is 1. The number of benzene rings is 1. The molecule has 3 fully saturated rings. The molecule has 5 rings (SSSR count). The molecule has 34 heavy (non-hydrogen) atoms. The van der Waals surface area contributed by atoms with Gasteiger partial charge >= 0.3 is 5.97 Å². The molecule has 4 heterocycles. The van der Waals surface area contributed by atoms with E-state index in [1.165, 1.54) is 0 Å². The van der Waals surface area contributed by atoms with Crippen molar-refractivity contribution < 1.29 is 28.9 Å². The zero-order valence-corrected chi connectivity index (χ0v) is 20.0. The molecule has 1 spiro atoms. The molecule has 3 saturated heterocycles. The molecule has 4 atom stereocenters. The SMILES string of the molecule is C[C@@]1(CCC(=O)O)Oc2ccccc2[C@@H]2OC[C@]3(CCCN3C(=O)CCN3CCOCC3)C[C@H]21. The summed E-state index contributed by atoms with van der Waals surface area (Å²) in [6.07, 6.45) is 3.44. The lowest BCUT2D eigenvalue weighted by Gasteiger charge is -2.54. The number of amides is 1. The van der Waals surface area contributed by atoms with Gasteiger partial charge in [-0.05, 0) is 38.7 Å². The van der Waals surface area contributed by atoms with Gasteiger partial charge in [0, 0.05) is 50.5 Å². The molecule has 0 saturated carbocycles. The average Bonchev–Trinajstić information content (AvgIpc) is 3.25. The second-order valence-corrected chi connectivity index (χ2v) is 10.5. The van der Waals surface area contributed by atoms with Crippen LogP contribution in [0, 0.1) is 5.92 Å². The summed E-state index contributed by atoms with van der Waals surface area (Å²) in [6.45, 7) is 7.27. The van der Waals surface area contributed by atoms with E-state index in [0.717, 1.165) is 70.0 Å². The van der Waals surface area contributed by atoms with Crippen molar-refractivity contribution in [1.29, 1.82) is 0 Å². The molecular weight excluding hydrogens is 436 g/mol. The number of carbonyl (C=O) groups is 2. The van der Waals surface area contributed by atoms with E-state index in [9.17, 15) is 14.7 Å². The summed E-state index contributed by atoms with van der Waals surface area (Å²) in [5.74, 6) is 0.114. The van der Waals surface area contributed by atoms with Gasteiger partial charge in [-0.1, -0.05) is 18.2 Å². The predicted molar refractivity (Wildman–Crippen MR) is 125 cm³/mol. The topological polar surface area (TPSA) is 88.5 Å². The fourth-order valence-corrected chi connectivity index (χ4v) is 6.41. The van der Waals surface area contributed by atoms with Crippen LogP contribution in [0.2, 0.25) is 0 Å². The Balaban J connectivity index is 1.36. The first-order valence-electron chi connectivity index (χ1n) is 12.6. The van der Waals surface area contributed by atoms with Gasteiger partial charge in [0.25, 0.3) is 0 Å². The van der Waals surface area contributed by atoms with Crippen molar-refractivity contribution in [2.45, 2.75) is 62.7 Å². The molecule has 1 N–H and O–H groups in total. The number of likely N-dealkylation sites (tertiary alicyclic amines) is 1. The Labute approximate surface area is 201 Å². The van der Waals surface area contributed by atoms with E-state index in [1.54, 1.807) is 0 Å². The fraction of sp³-hybridized carbons (Fsp3) is 0.692. The highest BCUT2D eigenvalue weighted by molar-refractivity contribution is 5.77. The number of ether oxygens (including phenoxy) is 3. The van der Waals surface area contributed by atoms with Crippen LogP contribution in [0.3, 0.4) is 0 Å². The third kappa shape index (κ3) is 4.43. The lowest BCUT2D eigenvalue weighted by molar-refractivity contribution is -0.180. The van der Waals surface area contributed by atoms with Gasteiger partial charge in [-0.2, -0.15) is 0 Å². The third-order valence-corrected chi connectivity index (χ3v) is 8.33. The maximum atomic E-state index is 13.4. The number of rotatable bonds is 6. The number of hydrogen-bond donors (Lipinski definition) is 1. The third-order valence-electron chi connectivity index (χ3n) is 8.33. The van der Waals surface area contributed by atoms with Gasteiger partial charge < -0.3 is 24.2 Å². The van der Waals surface area contributed by atoms with Crippen molar-refractivity contribution in [3.8, 4) is 5.75 Å². The molecule has 4 aliphatic heterocycles. The van der Waals surface area contributed by atoms with Crippen LogP contribution in [0.1, 0.15) is 57.1 Å². The summed E-state index contributed by atoms with van der Waals surface area (Å²) in [5.41, 5.74) is 0.0117. The molecule has 4 aliphatic rings. The van der Waals surface area contributed by atoms with Crippen LogP contribution < -0.4 is 4.74 Å². The molecule has 1 amide bonds. The van der Waals surface area contributed by atoms with Crippen molar-refractivity contribution in [3.05, 3.63) is 29.8 Å². The van der Waals surface area contributed by atoms with Crippen LogP contribution >= 0.6 is 0 Å². The summed E-state index contributed by atoms with van der Waals surface area (Å²) in [7, 11) is 0. The molecule has 0 aromatic heterocycles. The standard InChI is InChI=1S/C26H36N2O6/c1-25(10-7-23(30)31)20-17-26(18-33-24(20)19-5-2-3-6-21(19)34-25)9-4-11-28(26)22(29)8-12-27-13-15-32-16-14-27/h2-3,5-6,20,24H,4,7-18H2,1H3,(H,30,31)/t20-,24+,25+,26+/m1/s1. The summed E-state index contributed by atoms with van der Waals surface area (Å²) in [4.78, 5) is 29.2. The summed E-state index contributed by atoms with van der Waals surface area (Å²) in [5, 5.41) is 9.38. The van der Waals surface area contributed by atoms with Gasteiger partial charge in [-0.25, -0.2) is 0 Å². The Morgan fingerprint density at radius 1 is 1.15 bits per heavy atom. The molecule has 0 bridgehead atoms. The Morgan fingerprint density at radius 2 is 1.94 bits per heavy atom. The van der Waals surface area contributed by atoms with Crippen LogP contribution in [0.15, 0.2) is 24.3 Å². The molecular formula is C26H36N2O6. The summed E-state index contributed by atoms with van der Waals surface area (Å²) in [6, 6.07) is 7.91. The van der Waals surface area contributed by atoms with Crippen molar-refractivity contribution in [1.82, 2.24) is 9.80 Å². The highest BCUT2D eigenvalue weighted by atomic mass is 16.5. The minimum atomic E-state index is -0.826. The van der Waals surface area contributed by atoms with Crippen molar-refractivity contribution in [2.24, 2.45) is 5.92 Å². The molecule has 1 aromatic rings. The van der Waals surface area contributed by atoms with Crippen LogP contribution in [-0.4, -0.2) is 83.9 Å². The van der Waals surface area contributed by atoms with Gasteiger partial charge in [0.1, 0.15) is 11.4 Å². The molecule has 8 heteroatoms. The maximum Gasteiger partial charge on any atom is 0.303 e. The Hall–Kier alpha value is -2.16. The number of carbonyl (C=O) groups excluding carboxylic acids is 1. The fourth-order valence-electron chi connectivity index (χ4n) is 6.41. The Morgan fingerprint density at radius 3 is 2.74 bits per heavy atom. The van der Waals surface area contributed by atoms with E-state index in [0.29, 0.717) is 19.4 Å². The smallest absolute Gasteiger partial charge is 0.303 e. The number of fused-ring (bicyclic) bond motifs is 3. The van der Waals surface area contributed by atoms with Gasteiger partial charge in [-0.3, -0.25) is 14.5 Å². The lowest BCUT2D eigenvalue weighted by atomic mass is 9.68. The Kier molecular flexibility index (Phi) is 6.57. The molecule has 0 aliphatic carbocycles. The summed E-state index contributed by atoms with van der Waals surface area (Å²) < 4.78 is 18.5. The minimum Gasteiger partial charge on any atom is -0.487 e. The van der Waals surface area contributed by atoms with Crippen LogP contribution in [-0.2, 0) is 19.1 Å². The van der Waals surface area contributed by atoms with Gasteiger partial charge in [0.05, 0.1) is 31.5 Å². The Bertz CT molecular complexity index is 918. The van der Waals surface area contributed by atoms with E-state index in [1.807, 2.05) is 31.2 Å². The van der Waals surface area contributed by atoms with E-state index >= 15 is 0 Å². The molecule has 0 radical (unpaired) electrons. The van der Waals surface area contributed by atoms with Crippen molar-refractivity contribution in [3.63, 3.8) is 0 Å². The molecule has 186 valence electrons. The van der Waals surface area contributed by atoms with Gasteiger partial charge in [0.2, 0.25) is 5.91 Å². The van der Waals surface area contributed by atoms with Gasteiger partial charge in [0.15, 0.2) is 0 Å². The highest BCUT2D eigenvalue weighted by Crippen LogP contribution is 2.55. The molecule has 0 unspecified atom stereocenters. The second kappa shape index (κ2) is 9.47. The number of hydrogen-bond acceptors (Lipinski definition) is 6. The first-order chi connectivity index (χ1) is 16.4. The summed E-state index contributed by atoms with van der Waals surface area (Å²) >= 11 is 0.